The first-order valence-corrected chi connectivity index (χ1v) is 6.28. The van der Waals surface area contributed by atoms with E-state index in [0.717, 1.165) is 5.69 Å². The fraction of sp³-hybridized carbons (Fsp3) is 0.143. The van der Waals surface area contributed by atoms with Gasteiger partial charge < -0.3 is 5.11 Å². The Bertz CT molecular complexity index is 743. The molecule has 0 aliphatic carbocycles. The van der Waals surface area contributed by atoms with Crippen molar-refractivity contribution in [3.05, 3.63) is 63.1 Å². The van der Waals surface area contributed by atoms with Crippen molar-refractivity contribution in [1.29, 1.82) is 0 Å². The second-order valence-corrected chi connectivity index (χ2v) is 4.73. The minimum Gasteiger partial charge on any atom is -0.478 e. The number of benzene rings is 1. The number of aryl methyl sites for hydroxylation is 1. The lowest BCUT2D eigenvalue weighted by atomic mass is 10.2. The van der Waals surface area contributed by atoms with Crippen LogP contribution in [0.4, 0.5) is 0 Å². The Kier molecular flexibility index (Phi) is 3.81. The van der Waals surface area contributed by atoms with Crippen LogP contribution in [0.2, 0.25) is 5.02 Å². The van der Waals surface area contributed by atoms with E-state index in [1.54, 1.807) is 19.1 Å². The van der Waals surface area contributed by atoms with Gasteiger partial charge in [-0.3, -0.25) is 9.89 Å². The molecule has 0 saturated heterocycles. The van der Waals surface area contributed by atoms with E-state index in [2.05, 4.69) is 11.7 Å². The van der Waals surface area contributed by atoms with E-state index in [9.17, 15) is 9.59 Å². The molecule has 6 heteroatoms. The van der Waals surface area contributed by atoms with Gasteiger partial charge in [-0.15, -0.1) is 6.58 Å². The van der Waals surface area contributed by atoms with E-state index < -0.39 is 5.97 Å². The summed E-state index contributed by atoms with van der Waals surface area (Å²) in [6, 6.07) is 4.40. The third-order valence-electron chi connectivity index (χ3n) is 2.98. The molecule has 0 bridgehead atoms. The predicted octanol–water partition coefficient (Wildman–Crippen LogP) is 2.55. The SMILES string of the molecule is C=CCc1c(C)[nH]n(-c2ccc(Cl)c(C(=O)O)c2)c1=O. The number of hydrogen-bond acceptors (Lipinski definition) is 2. The van der Waals surface area contributed by atoms with Gasteiger partial charge in [0.2, 0.25) is 0 Å². The van der Waals surface area contributed by atoms with Crippen molar-refractivity contribution in [3.8, 4) is 5.69 Å². The van der Waals surface area contributed by atoms with E-state index in [1.807, 2.05) is 0 Å². The van der Waals surface area contributed by atoms with Gasteiger partial charge in [0.05, 0.1) is 16.3 Å². The molecule has 1 aromatic carbocycles. The normalized spacial score (nSPS) is 10.5. The highest BCUT2D eigenvalue weighted by atomic mass is 35.5. The van der Waals surface area contributed by atoms with Crippen molar-refractivity contribution in [2.24, 2.45) is 0 Å². The first kappa shape index (κ1) is 14.1. The van der Waals surface area contributed by atoms with Crippen molar-refractivity contribution in [2.75, 3.05) is 0 Å². The highest BCUT2D eigenvalue weighted by molar-refractivity contribution is 6.33. The molecule has 20 heavy (non-hydrogen) atoms. The summed E-state index contributed by atoms with van der Waals surface area (Å²) in [4.78, 5) is 23.3. The summed E-state index contributed by atoms with van der Waals surface area (Å²) in [6.45, 7) is 5.39. The summed E-state index contributed by atoms with van der Waals surface area (Å²) < 4.78 is 1.30. The van der Waals surface area contributed by atoms with Crippen molar-refractivity contribution < 1.29 is 9.90 Å². The standard InChI is InChI=1S/C14H13ClN2O3/c1-3-4-10-8(2)16-17(13(10)18)9-5-6-12(15)11(7-9)14(19)20/h3,5-7,16H,1,4H2,2H3,(H,19,20). The number of carbonyl (C=O) groups is 1. The van der Waals surface area contributed by atoms with Gasteiger partial charge in [-0.25, -0.2) is 9.48 Å². The van der Waals surface area contributed by atoms with Crippen molar-refractivity contribution in [1.82, 2.24) is 9.78 Å². The third kappa shape index (κ3) is 2.40. The molecular formula is C14H13ClN2O3. The topological polar surface area (TPSA) is 75.1 Å². The minimum absolute atomic E-state index is 0.0476. The molecule has 0 aliphatic rings. The van der Waals surface area contributed by atoms with Crippen LogP contribution in [0, 0.1) is 6.92 Å². The molecule has 5 nitrogen and oxygen atoms in total. The molecule has 2 rings (SSSR count). The largest absolute Gasteiger partial charge is 0.478 e. The lowest BCUT2D eigenvalue weighted by molar-refractivity contribution is 0.0697. The summed E-state index contributed by atoms with van der Waals surface area (Å²) >= 11 is 5.81. The van der Waals surface area contributed by atoms with Crippen LogP contribution in [0.25, 0.3) is 5.69 Å². The molecule has 2 aromatic rings. The van der Waals surface area contributed by atoms with E-state index in [0.29, 0.717) is 17.7 Å². The molecule has 0 aliphatic heterocycles. The maximum absolute atomic E-state index is 12.2. The minimum atomic E-state index is -1.14. The van der Waals surface area contributed by atoms with E-state index in [1.165, 1.54) is 16.8 Å². The van der Waals surface area contributed by atoms with Crippen LogP contribution in [0.5, 0.6) is 0 Å². The Labute approximate surface area is 120 Å². The molecule has 0 saturated carbocycles. The zero-order valence-corrected chi connectivity index (χ0v) is 11.6. The Hall–Kier alpha value is -2.27. The smallest absolute Gasteiger partial charge is 0.337 e. The number of hydrogen-bond donors (Lipinski definition) is 2. The molecule has 0 spiro atoms. The van der Waals surface area contributed by atoms with Crippen LogP contribution >= 0.6 is 11.6 Å². The van der Waals surface area contributed by atoms with Gasteiger partial charge in [-0.1, -0.05) is 17.7 Å². The highest BCUT2D eigenvalue weighted by Gasteiger charge is 2.14. The van der Waals surface area contributed by atoms with Crippen LogP contribution in [-0.4, -0.2) is 20.9 Å². The Morgan fingerprint density at radius 3 is 2.85 bits per heavy atom. The van der Waals surface area contributed by atoms with Gasteiger partial charge in [0.15, 0.2) is 0 Å². The number of nitrogens with one attached hydrogen (secondary N) is 1. The molecule has 0 amide bonds. The fourth-order valence-electron chi connectivity index (χ4n) is 1.96. The van der Waals surface area contributed by atoms with Gasteiger partial charge >= 0.3 is 5.97 Å². The van der Waals surface area contributed by atoms with Crippen LogP contribution in [-0.2, 0) is 6.42 Å². The summed E-state index contributed by atoms with van der Waals surface area (Å²) in [5.74, 6) is -1.14. The molecule has 0 fully saturated rings. The van der Waals surface area contributed by atoms with E-state index >= 15 is 0 Å². The lowest BCUT2D eigenvalue weighted by Crippen LogP contribution is -2.17. The molecule has 1 aromatic heterocycles. The Morgan fingerprint density at radius 2 is 2.25 bits per heavy atom. The van der Waals surface area contributed by atoms with Crippen molar-refractivity contribution in [2.45, 2.75) is 13.3 Å². The zero-order valence-electron chi connectivity index (χ0n) is 10.8. The molecule has 0 radical (unpaired) electrons. The van der Waals surface area contributed by atoms with E-state index in [4.69, 9.17) is 16.7 Å². The quantitative estimate of drug-likeness (QED) is 0.850. The van der Waals surface area contributed by atoms with Crippen LogP contribution in [0.1, 0.15) is 21.6 Å². The number of halogens is 1. The second kappa shape index (κ2) is 5.38. The molecule has 104 valence electrons. The molecule has 0 atom stereocenters. The molecule has 1 heterocycles. The summed E-state index contributed by atoms with van der Waals surface area (Å²) in [6.07, 6.45) is 2.10. The van der Waals surface area contributed by atoms with Gasteiger partial charge in [-0.05, 0) is 31.5 Å². The third-order valence-corrected chi connectivity index (χ3v) is 3.31. The molecular weight excluding hydrogens is 280 g/mol. The first-order valence-electron chi connectivity index (χ1n) is 5.90. The van der Waals surface area contributed by atoms with Gasteiger partial charge in [0, 0.05) is 11.3 Å². The molecule has 2 N–H and O–H groups in total. The number of rotatable bonds is 4. The number of nitrogens with zero attached hydrogens (tertiary/aromatic N) is 1. The predicted molar refractivity (Wildman–Crippen MR) is 77.0 cm³/mol. The van der Waals surface area contributed by atoms with Gasteiger partial charge in [0.25, 0.3) is 5.56 Å². The number of aromatic carboxylic acids is 1. The Balaban J connectivity index is 2.61. The zero-order chi connectivity index (χ0) is 14.9. The maximum Gasteiger partial charge on any atom is 0.337 e. The first-order chi connectivity index (χ1) is 9.45. The van der Waals surface area contributed by atoms with Crippen LogP contribution in [0.15, 0.2) is 35.6 Å². The summed E-state index contributed by atoms with van der Waals surface area (Å²) in [7, 11) is 0. The number of H-pyrrole nitrogens is 1. The number of aromatic amines is 1. The monoisotopic (exact) mass is 292 g/mol. The van der Waals surface area contributed by atoms with Crippen LogP contribution < -0.4 is 5.56 Å². The van der Waals surface area contributed by atoms with Crippen LogP contribution in [0.3, 0.4) is 0 Å². The Morgan fingerprint density at radius 1 is 1.55 bits per heavy atom. The lowest BCUT2D eigenvalue weighted by Gasteiger charge is -2.04. The fourth-order valence-corrected chi connectivity index (χ4v) is 2.16. The second-order valence-electron chi connectivity index (χ2n) is 4.32. The number of carboxylic acids is 1. The number of carboxylic acid groups (broad SMARTS) is 1. The summed E-state index contributed by atoms with van der Waals surface area (Å²) in [5, 5.41) is 12.1. The van der Waals surface area contributed by atoms with Crippen molar-refractivity contribution >= 4 is 17.6 Å². The number of aromatic nitrogens is 2. The van der Waals surface area contributed by atoms with Gasteiger partial charge in [-0.2, -0.15) is 0 Å². The van der Waals surface area contributed by atoms with Crippen molar-refractivity contribution in [3.63, 3.8) is 0 Å². The highest BCUT2D eigenvalue weighted by Crippen LogP contribution is 2.19. The number of allylic oxidation sites excluding steroid dienone is 1. The maximum atomic E-state index is 12.2. The van der Waals surface area contributed by atoms with E-state index in [-0.39, 0.29) is 16.1 Å². The average Bonchev–Trinajstić information content (AvgIpc) is 2.67. The van der Waals surface area contributed by atoms with Gasteiger partial charge in [0.1, 0.15) is 0 Å². The average molecular weight is 293 g/mol. The summed E-state index contributed by atoms with van der Waals surface area (Å²) in [5.41, 5.74) is 1.48. The molecule has 0 unspecified atom stereocenters.